The number of esters is 3. The van der Waals surface area contributed by atoms with Gasteiger partial charge in [0.2, 0.25) is 5.91 Å². The van der Waals surface area contributed by atoms with E-state index in [9.17, 15) is 24.0 Å². The van der Waals surface area contributed by atoms with E-state index in [0.717, 1.165) is 16.7 Å². The predicted octanol–water partition coefficient (Wildman–Crippen LogP) is 5.57. The van der Waals surface area contributed by atoms with Gasteiger partial charge in [-0.2, -0.15) is 0 Å². The van der Waals surface area contributed by atoms with Gasteiger partial charge in [0.15, 0.2) is 0 Å². The van der Waals surface area contributed by atoms with E-state index in [4.69, 9.17) is 23.7 Å². The minimum absolute atomic E-state index is 0.0313. The molecule has 0 saturated heterocycles. The van der Waals surface area contributed by atoms with Gasteiger partial charge in [-0.25, -0.2) is 9.59 Å². The van der Waals surface area contributed by atoms with Crippen LogP contribution in [0.2, 0.25) is 0 Å². The highest BCUT2D eigenvalue weighted by atomic mass is 16.6. The predicted molar refractivity (Wildman–Crippen MR) is 189 cm³/mol. The summed E-state index contributed by atoms with van der Waals surface area (Å²) in [4.78, 5) is 65.2. The Kier molecular flexibility index (Phi) is 15.7. The maximum atomic E-state index is 13.7. The molecule has 0 heterocycles. The van der Waals surface area contributed by atoms with Crippen molar-refractivity contribution >= 4 is 29.9 Å². The number of amides is 2. The van der Waals surface area contributed by atoms with E-state index in [1.807, 2.05) is 54.6 Å². The fourth-order valence-electron chi connectivity index (χ4n) is 4.82. The van der Waals surface area contributed by atoms with Gasteiger partial charge < -0.3 is 34.3 Å². The molecule has 272 valence electrons. The van der Waals surface area contributed by atoms with Crippen molar-refractivity contribution in [3.63, 3.8) is 0 Å². The average molecular weight is 711 g/mol. The second-order valence-corrected chi connectivity index (χ2v) is 11.6. The highest BCUT2D eigenvalue weighted by Gasteiger charge is 2.29. The summed E-state index contributed by atoms with van der Waals surface area (Å²) in [5.41, 5.74) is 2.96. The second kappa shape index (κ2) is 21.1. The SMILES string of the molecule is COc1ccc(COC(=O)N[C@@H](CCC(=O)OCc2ccccc2)C(=O)N[C@@H](CCC(=O)OCc2ccccc2)C(=O)OCc2ccccc2)cc1. The lowest BCUT2D eigenvalue weighted by atomic mass is 10.1. The van der Waals surface area contributed by atoms with E-state index >= 15 is 0 Å². The molecule has 0 unspecified atom stereocenters. The number of carbonyl (C=O) groups is 5. The number of ether oxygens (including phenoxy) is 5. The van der Waals surface area contributed by atoms with Crippen LogP contribution in [0, 0.1) is 0 Å². The molecule has 4 rings (SSSR count). The van der Waals surface area contributed by atoms with E-state index in [-0.39, 0.29) is 52.1 Å². The monoisotopic (exact) mass is 710 g/mol. The van der Waals surface area contributed by atoms with Crippen LogP contribution in [0.4, 0.5) is 4.79 Å². The summed E-state index contributed by atoms with van der Waals surface area (Å²) < 4.78 is 26.7. The van der Waals surface area contributed by atoms with Crippen molar-refractivity contribution in [3.05, 3.63) is 138 Å². The van der Waals surface area contributed by atoms with Crippen LogP contribution in [-0.4, -0.2) is 49.1 Å². The maximum Gasteiger partial charge on any atom is 0.408 e. The molecule has 0 radical (unpaired) electrons. The minimum atomic E-state index is -1.32. The van der Waals surface area contributed by atoms with Gasteiger partial charge in [-0.3, -0.25) is 14.4 Å². The van der Waals surface area contributed by atoms with E-state index in [2.05, 4.69) is 10.6 Å². The standard InChI is InChI=1S/C40H42N2O10/c1-48-33-19-17-32(18-20-33)28-52-40(47)42-34(21-23-36(43)49-25-29-11-5-2-6-12-29)38(45)41-35(39(46)51-27-31-15-9-4-10-16-31)22-24-37(44)50-26-30-13-7-3-8-14-30/h2-20,34-35H,21-28H2,1H3,(H,41,45)(H,42,47)/t34-,35-/m0/s1. The summed E-state index contributed by atoms with van der Waals surface area (Å²) in [6.07, 6.45) is -1.71. The zero-order chi connectivity index (χ0) is 37.0. The molecule has 0 saturated carbocycles. The van der Waals surface area contributed by atoms with E-state index in [1.165, 1.54) is 7.11 Å². The molecular formula is C40H42N2O10. The molecule has 2 N–H and O–H groups in total. The fourth-order valence-corrected chi connectivity index (χ4v) is 4.82. The van der Waals surface area contributed by atoms with Crippen molar-refractivity contribution in [2.75, 3.05) is 7.11 Å². The Morgan fingerprint density at radius 3 is 1.40 bits per heavy atom. The Balaban J connectivity index is 1.41. The molecule has 0 aliphatic carbocycles. The summed E-state index contributed by atoms with van der Waals surface area (Å²) in [5.74, 6) is -2.15. The van der Waals surface area contributed by atoms with Gasteiger partial charge in [-0.1, -0.05) is 103 Å². The third kappa shape index (κ3) is 14.0. The lowest BCUT2D eigenvalue weighted by Crippen LogP contribution is -2.52. The topological polar surface area (TPSA) is 156 Å². The van der Waals surface area contributed by atoms with Crippen LogP contribution in [-0.2, 0) is 64.6 Å². The number of methoxy groups -OCH3 is 1. The van der Waals surface area contributed by atoms with Crippen molar-refractivity contribution in [3.8, 4) is 5.75 Å². The largest absolute Gasteiger partial charge is 0.497 e. The first-order valence-electron chi connectivity index (χ1n) is 16.8. The molecule has 12 nitrogen and oxygen atoms in total. The maximum absolute atomic E-state index is 13.7. The number of alkyl carbamates (subject to hydrolysis) is 1. The van der Waals surface area contributed by atoms with Gasteiger partial charge >= 0.3 is 24.0 Å². The quantitative estimate of drug-likeness (QED) is 0.0933. The summed E-state index contributed by atoms with van der Waals surface area (Å²) in [7, 11) is 1.53. The smallest absolute Gasteiger partial charge is 0.408 e. The lowest BCUT2D eigenvalue weighted by molar-refractivity contribution is -0.151. The Morgan fingerprint density at radius 2 is 0.923 bits per heavy atom. The van der Waals surface area contributed by atoms with Crippen LogP contribution in [0.15, 0.2) is 115 Å². The van der Waals surface area contributed by atoms with Gasteiger partial charge in [0.25, 0.3) is 0 Å². The molecule has 2 atom stereocenters. The summed E-state index contributed by atoms with van der Waals surface area (Å²) in [6, 6.07) is 31.4. The first-order valence-corrected chi connectivity index (χ1v) is 16.8. The zero-order valence-electron chi connectivity index (χ0n) is 28.9. The number of hydrogen-bond acceptors (Lipinski definition) is 10. The summed E-state index contributed by atoms with van der Waals surface area (Å²) in [5, 5.41) is 5.09. The van der Waals surface area contributed by atoms with Crippen molar-refractivity contribution in [2.24, 2.45) is 0 Å². The van der Waals surface area contributed by atoms with Gasteiger partial charge in [0, 0.05) is 12.8 Å². The minimum Gasteiger partial charge on any atom is -0.497 e. The second-order valence-electron chi connectivity index (χ2n) is 11.6. The first kappa shape index (κ1) is 38.6. The van der Waals surface area contributed by atoms with Crippen LogP contribution in [0.5, 0.6) is 5.75 Å². The first-order chi connectivity index (χ1) is 25.3. The zero-order valence-corrected chi connectivity index (χ0v) is 28.9. The molecule has 12 heteroatoms. The van der Waals surface area contributed by atoms with Gasteiger partial charge in [0.1, 0.15) is 44.3 Å². The van der Waals surface area contributed by atoms with Gasteiger partial charge in [0.05, 0.1) is 7.11 Å². The Hall–Kier alpha value is -6.17. The van der Waals surface area contributed by atoms with Crippen LogP contribution in [0.25, 0.3) is 0 Å². The van der Waals surface area contributed by atoms with Crippen LogP contribution in [0.1, 0.15) is 47.9 Å². The van der Waals surface area contributed by atoms with Crippen molar-refractivity contribution in [2.45, 2.75) is 64.2 Å². The molecule has 4 aromatic carbocycles. The average Bonchev–Trinajstić information content (AvgIpc) is 3.18. The Bertz CT molecular complexity index is 1720. The third-order valence-electron chi connectivity index (χ3n) is 7.72. The summed E-state index contributed by atoms with van der Waals surface area (Å²) >= 11 is 0. The Labute approximate surface area is 302 Å². The molecule has 52 heavy (non-hydrogen) atoms. The Morgan fingerprint density at radius 1 is 0.500 bits per heavy atom. The molecule has 0 aliphatic rings. The lowest BCUT2D eigenvalue weighted by Gasteiger charge is -2.22. The van der Waals surface area contributed by atoms with Crippen molar-refractivity contribution in [1.82, 2.24) is 10.6 Å². The van der Waals surface area contributed by atoms with Crippen molar-refractivity contribution in [1.29, 1.82) is 0 Å². The van der Waals surface area contributed by atoms with Crippen LogP contribution < -0.4 is 15.4 Å². The number of hydrogen-bond donors (Lipinski definition) is 2. The normalized spacial score (nSPS) is 11.6. The highest BCUT2D eigenvalue weighted by Crippen LogP contribution is 2.13. The highest BCUT2D eigenvalue weighted by molar-refractivity contribution is 5.90. The van der Waals surface area contributed by atoms with Gasteiger partial charge in [-0.15, -0.1) is 0 Å². The molecule has 4 aromatic rings. The molecule has 2 amide bonds. The molecule has 0 aliphatic heterocycles. The molecule has 0 bridgehead atoms. The molecule has 0 spiro atoms. The fraction of sp³-hybridized carbons (Fsp3) is 0.275. The van der Waals surface area contributed by atoms with Gasteiger partial charge in [-0.05, 0) is 47.2 Å². The van der Waals surface area contributed by atoms with Crippen LogP contribution >= 0.6 is 0 Å². The molecule has 0 aromatic heterocycles. The third-order valence-corrected chi connectivity index (χ3v) is 7.72. The van der Waals surface area contributed by atoms with Crippen molar-refractivity contribution < 1.29 is 47.7 Å². The number of nitrogens with one attached hydrogen (secondary N) is 2. The number of rotatable bonds is 19. The summed E-state index contributed by atoms with van der Waals surface area (Å²) in [6.45, 7) is -0.107. The van der Waals surface area contributed by atoms with E-state index < -0.39 is 42.0 Å². The van der Waals surface area contributed by atoms with E-state index in [1.54, 1.807) is 60.7 Å². The molecule has 0 fully saturated rings. The van der Waals surface area contributed by atoms with Crippen LogP contribution in [0.3, 0.4) is 0 Å². The number of benzene rings is 4. The number of carbonyl (C=O) groups excluding carboxylic acids is 5. The molecular weight excluding hydrogens is 668 g/mol. The van der Waals surface area contributed by atoms with E-state index in [0.29, 0.717) is 11.3 Å².